The summed E-state index contributed by atoms with van der Waals surface area (Å²) in [6, 6.07) is 0. The van der Waals surface area contributed by atoms with Crippen molar-refractivity contribution in [3.05, 3.63) is 0 Å². The van der Waals surface area contributed by atoms with Gasteiger partial charge in [-0.2, -0.15) is 0 Å². The van der Waals surface area contributed by atoms with Gasteiger partial charge in [-0.05, 0) is 45.4 Å². The summed E-state index contributed by atoms with van der Waals surface area (Å²) in [6.45, 7) is 4.04. The summed E-state index contributed by atoms with van der Waals surface area (Å²) >= 11 is 0. The second kappa shape index (κ2) is 8.15. The molecule has 5 heteroatoms. The second-order valence-electron chi connectivity index (χ2n) is 4.75. The highest BCUT2D eigenvalue weighted by Crippen LogP contribution is 2.32. The molecule has 0 aromatic heterocycles. The Morgan fingerprint density at radius 3 is 1.84 bits per heavy atom. The molecule has 0 amide bonds. The Bertz CT molecular complexity index is 276. The van der Waals surface area contributed by atoms with Crippen LogP contribution < -0.4 is 0 Å². The third kappa shape index (κ3) is 4.49. The number of hydrogen-bond donors (Lipinski definition) is 0. The second-order valence-corrected chi connectivity index (χ2v) is 4.75. The first-order valence-corrected chi connectivity index (χ1v) is 7.00. The summed E-state index contributed by atoms with van der Waals surface area (Å²) in [4.78, 5) is 23.9. The Morgan fingerprint density at radius 1 is 1.00 bits per heavy atom. The van der Waals surface area contributed by atoms with Gasteiger partial charge < -0.3 is 14.2 Å². The van der Waals surface area contributed by atoms with Gasteiger partial charge in [0.05, 0.1) is 19.3 Å². The van der Waals surface area contributed by atoms with Crippen molar-refractivity contribution in [3.63, 3.8) is 0 Å². The number of esters is 2. The molecular formula is C14H24O5. The molecular weight excluding hydrogens is 248 g/mol. The number of hydrogen-bond acceptors (Lipinski definition) is 5. The van der Waals surface area contributed by atoms with Crippen LogP contribution in [0.1, 0.15) is 39.5 Å². The van der Waals surface area contributed by atoms with Gasteiger partial charge in [0, 0.05) is 7.11 Å². The van der Waals surface area contributed by atoms with Gasteiger partial charge in [-0.1, -0.05) is 0 Å². The van der Waals surface area contributed by atoms with E-state index in [4.69, 9.17) is 14.2 Å². The Kier molecular flexibility index (Phi) is 6.84. The maximum atomic E-state index is 12.0. The lowest BCUT2D eigenvalue weighted by molar-refractivity contribution is -0.165. The van der Waals surface area contributed by atoms with Gasteiger partial charge in [-0.3, -0.25) is 9.59 Å². The largest absolute Gasteiger partial charge is 0.465 e. The lowest BCUT2D eigenvalue weighted by Gasteiger charge is -2.30. The Morgan fingerprint density at radius 2 is 1.47 bits per heavy atom. The highest BCUT2D eigenvalue weighted by atomic mass is 16.6. The van der Waals surface area contributed by atoms with Crippen molar-refractivity contribution in [1.82, 2.24) is 0 Å². The molecule has 0 atom stereocenters. The molecule has 1 aliphatic carbocycles. The summed E-state index contributed by atoms with van der Waals surface area (Å²) < 4.78 is 15.3. The van der Waals surface area contributed by atoms with Crippen LogP contribution in [0.25, 0.3) is 0 Å². The van der Waals surface area contributed by atoms with Crippen molar-refractivity contribution >= 4 is 11.9 Å². The molecule has 0 N–H and O–H groups in total. The molecule has 1 fully saturated rings. The zero-order chi connectivity index (χ0) is 14.3. The van der Waals surface area contributed by atoms with E-state index in [2.05, 4.69) is 0 Å². The molecule has 19 heavy (non-hydrogen) atoms. The minimum atomic E-state index is -0.780. The molecule has 0 spiro atoms. The number of methoxy groups -OCH3 is 1. The first-order valence-electron chi connectivity index (χ1n) is 7.00. The zero-order valence-corrected chi connectivity index (χ0v) is 12.0. The highest BCUT2D eigenvalue weighted by Gasteiger charge is 2.39. The van der Waals surface area contributed by atoms with E-state index in [0.29, 0.717) is 0 Å². The summed E-state index contributed by atoms with van der Waals surface area (Å²) in [6.07, 6.45) is 3.57. The average molecular weight is 272 g/mol. The van der Waals surface area contributed by atoms with E-state index in [9.17, 15) is 9.59 Å². The van der Waals surface area contributed by atoms with Crippen LogP contribution in [0.4, 0.5) is 0 Å². The standard InChI is InChI=1S/C14H24O5/c1-4-18-13(15)12(14(16)19-5-2)10-6-8-11(17-3)9-7-10/h10-12H,4-9H2,1-3H3. The van der Waals surface area contributed by atoms with Gasteiger partial charge in [0.25, 0.3) is 0 Å². The lowest BCUT2D eigenvalue weighted by atomic mass is 9.79. The van der Waals surface area contributed by atoms with E-state index in [-0.39, 0.29) is 25.2 Å². The molecule has 1 aliphatic rings. The van der Waals surface area contributed by atoms with Crippen molar-refractivity contribution in [2.24, 2.45) is 11.8 Å². The number of rotatable bonds is 6. The molecule has 0 saturated heterocycles. The van der Waals surface area contributed by atoms with Crippen LogP contribution in [-0.2, 0) is 23.8 Å². The topological polar surface area (TPSA) is 61.8 Å². The molecule has 0 unspecified atom stereocenters. The SMILES string of the molecule is CCOC(=O)C(C(=O)OCC)C1CCC(OC)CC1. The maximum absolute atomic E-state index is 12.0. The van der Waals surface area contributed by atoms with Crippen molar-refractivity contribution < 1.29 is 23.8 Å². The van der Waals surface area contributed by atoms with Crippen LogP contribution >= 0.6 is 0 Å². The van der Waals surface area contributed by atoms with E-state index in [0.717, 1.165) is 25.7 Å². The van der Waals surface area contributed by atoms with Gasteiger partial charge in [0.1, 0.15) is 0 Å². The van der Waals surface area contributed by atoms with E-state index >= 15 is 0 Å². The van der Waals surface area contributed by atoms with Crippen LogP contribution in [0, 0.1) is 11.8 Å². The fourth-order valence-corrected chi connectivity index (χ4v) is 2.60. The molecule has 5 nitrogen and oxygen atoms in total. The number of carbonyl (C=O) groups is 2. The Labute approximate surface area is 114 Å². The summed E-state index contributed by atoms with van der Waals surface area (Å²) in [5, 5.41) is 0. The molecule has 1 rings (SSSR count). The zero-order valence-electron chi connectivity index (χ0n) is 12.0. The lowest BCUT2D eigenvalue weighted by Crippen LogP contribution is -2.37. The van der Waals surface area contributed by atoms with Crippen LogP contribution in [-0.4, -0.2) is 38.4 Å². The van der Waals surface area contributed by atoms with Crippen LogP contribution in [0.3, 0.4) is 0 Å². The van der Waals surface area contributed by atoms with Gasteiger partial charge in [0.15, 0.2) is 5.92 Å². The van der Waals surface area contributed by atoms with Crippen molar-refractivity contribution in [3.8, 4) is 0 Å². The van der Waals surface area contributed by atoms with E-state index in [1.54, 1.807) is 21.0 Å². The third-order valence-corrected chi connectivity index (χ3v) is 3.60. The summed E-state index contributed by atoms with van der Waals surface area (Å²) in [5.74, 6) is -1.69. The van der Waals surface area contributed by atoms with Crippen LogP contribution in [0.15, 0.2) is 0 Å². The average Bonchev–Trinajstić information content (AvgIpc) is 2.40. The number of carbonyl (C=O) groups excluding carboxylic acids is 2. The predicted molar refractivity (Wildman–Crippen MR) is 69.5 cm³/mol. The summed E-state index contributed by atoms with van der Waals surface area (Å²) in [7, 11) is 1.69. The van der Waals surface area contributed by atoms with Crippen LogP contribution in [0.2, 0.25) is 0 Å². The van der Waals surface area contributed by atoms with E-state index in [1.807, 2.05) is 0 Å². The monoisotopic (exact) mass is 272 g/mol. The fraction of sp³-hybridized carbons (Fsp3) is 0.857. The Hall–Kier alpha value is -1.10. The van der Waals surface area contributed by atoms with Crippen molar-refractivity contribution in [2.45, 2.75) is 45.6 Å². The van der Waals surface area contributed by atoms with Gasteiger partial charge in [-0.15, -0.1) is 0 Å². The van der Waals surface area contributed by atoms with E-state index in [1.165, 1.54) is 0 Å². The summed E-state index contributed by atoms with van der Waals surface area (Å²) in [5.41, 5.74) is 0. The minimum absolute atomic E-state index is 0.00417. The first kappa shape index (κ1) is 16.0. The van der Waals surface area contributed by atoms with Gasteiger partial charge in [-0.25, -0.2) is 0 Å². The predicted octanol–water partition coefficient (Wildman–Crippen LogP) is 1.93. The molecule has 0 aliphatic heterocycles. The third-order valence-electron chi connectivity index (χ3n) is 3.60. The molecule has 0 aromatic rings. The van der Waals surface area contributed by atoms with Crippen molar-refractivity contribution in [1.29, 1.82) is 0 Å². The fourth-order valence-electron chi connectivity index (χ4n) is 2.60. The molecule has 0 radical (unpaired) electrons. The quantitative estimate of drug-likeness (QED) is 0.546. The normalized spacial score (nSPS) is 23.2. The molecule has 0 aromatic carbocycles. The molecule has 110 valence electrons. The molecule has 0 bridgehead atoms. The Balaban J connectivity index is 2.68. The minimum Gasteiger partial charge on any atom is -0.465 e. The smallest absolute Gasteiger partial charge is 0.320 e. The number of ether oxygens (including phenoxy) is 3. The van der Waals surface area contributed by atoms with Gasteiger partial charge in [0.2, 0.25) is 0 Å². The highest BCUT2D eigenvalue weighted by molar-refractivity contribution is 5.95. The van der Waals surface area contributed by atoms with Gasteiger partial charge >= 0.3 is 11.9 Å². The maximum Gasteiger partial charge on any atom is 0.320 e. The van der Waals surface area contributed by atoms with Crippen LogP contribution in [0.5, 0.6) is 0 Å². The molecule has 0 heterocycles. The van der Waals surface area contributed by atoms with Crippen molar-refractivity contribution in [2.75, 3.05) is 20.3 Å². The van der Waals surface area contributed by atoms with E-state index < -0.39 is 17.9 Å². The molecule has 1 saturated carbocycles. The first-order chi connectivity index (χ1) is 9.13.